The van der Waals surface area contributed by atoms with Crippen molar-refractivity contribution < 1.29 is 15.3 Å². The molecule has 0 bridgehead atoms. The molecule has 5 nitrogen and oxygen atoms in total. The highest BCUT2D eigenvalue weighted by atomic mass is 16.5. The van der Waals surface area contributed by atoms with Crippen molar-refractivity contribution in [1.82, 2.24) is 4.90 Å². The molecule has 0 aromatic rings. The first-order chi connectivity index (χ1) is 5.70. The van der Waals surface area contributed by atoms with Gasteiger partial charge in [-0.3, -0.25) is 4.90 Å². The van der Waals surface area contributed by atoms with Gasteiger partial charge in [0.15, 0.2) is 6.29 Å². The first-order valence-electron chi connectivity index (χ1n) is 4.10. The summed E-state index contributed by atoms with van der Waals surface area (Å²) in [7, 11) is 0. The molecule has 5 N–H and O–H groups in total. The van der Waals surface area contributed by atoms with E-state index in [9.17, 15) is 0 Å². The summed E-state index contributed by atoms with van der Waals surface area (Å²) in [5.41, 5.74) is 5.32. The second-order valence-electron chi connectivity index (χ2n) is 2.62. The zero-order chi connectivity index (χ0) is 9.40. The van der Waals surface area contributed by atoms with E-state index >= 15 is 0 Å². The molecule has 5 heteroatoms. The third kappa shape index (κ3) is 6.51. The zero-order valence-corrected chi connectivity index (χ0v) is 7.19. The lowest BCUT2D eigenvalue weighted by Gasteiger charge is -2.20. The SMILES string of the molecule is NCCN(CCO)CCC(O)O. The largest absolute Gasteiger partial charge is 0.395 e. The number of nitrogens with zero attached hydrogens (tertiary/aromatic N) is 1. The summed E-state index contributed by atoms with van der Waals surface area (Å²) in [5, 5.41) is 25.8. The molecule has 0 aromatic carbocycles. The van der Waals surface area contributed by atoms with Gasteiger partial charge in [-0.1, -0.05) is 0 Å². The van der Waals surface area contributed by atoms with E-state index in [0.29, 0.717) is 32.6 Å². The second-order valence-corrected chi connectivity index (χ2v) is 2.62. The Morgan fingerprint density at radius 3 is 2.25 bits per heavy atom. The topological polar surface area (TPSA) is 90.0 Å². The summed E-state index contributed by atoms with van der Waals surface area (Å²) in [4.78, 5) is 1.89. The van der Waals surface area contributed by atoms with Gasteiger partial charge in [-0.05, 0) is 0 Å². The van der Waals surface area contributed by atoms with Gasteiger partial charge in [0, 0.05) is 32.6 Å². The smallest absolute Gasteiger partial charge is 0.152 e. The second kappa shape index (κ2) is 7.45. The Morgan fingerprint density at radius 2 is 1.83 bits per heavy atom. The molecule has 12 heavy (non-hydrogen) atoms. The molecule has 0 saturated carbocycles. The molecule has 0 aliphatic carbocycles. The monoisotopic (exact) mass is 178 g/mol. The molecule has 0 fully saturated rings. The van der Waals surface area contributed by atoms with Gasteiger partial charge >= 0.3 is 0 Å². The van der Waals surface area contributed by atoms with Crippen molar-refractivity contribution >= 4 is 0 Å². The molecular formula is C7H18N2O3. The highest BCUT2D eigenvalue weighted by Crippen LogP contribution is 1.92. The highest BCUT2D eigenvalue weighted by molar-refractivity contribution is 4.57. The van der Waals surface area contributed by atoms with Crippen molar-refractivity contribution in [2.45, 2.75) is 12.7 Å². The predicted molar refractivity (Wildman–Crippen MR) is 45.4 cm³/mol. The number of rotatable bonds is 7. The molecule has 0 rings (SSSR count). The minimum Gasteiger partial charge on any atom is -0.395 e. The molecule has 0 spiro atoms. The molecule has 0 aromatic heterocycles. The average Bonchev–Trinajstić information content (AvgIpc) is 2.01. The van der Waals surface area contributed by atoms with E-state index < -0.39 is 6.29 Å². The van der Waals surface area contributed by atoms with E-state index in [2.05, 4.69) is 0 Å². The van der Waals surface area contributed by atoms with Crippen LogP contribution in [-0.4, -0.2) is 59.3 Å². The summed E-state index contributed by atoms with van der Waals surface area (Å²) >= 11 is 0. The lowest BCUT2D eigenvalue weighted by molar-refractivity contribution is -0.0506. The fourth-order valence-corrected chi connectivity index (χ4v) is 0.957. The van der Waals surface area contributed by atoms with Crippen LogP contribution in [0.4, 0.5) is 0 Å². The maximum Gasteiger partial charge on any atom is 0.152 e. The summed E-state index contributed by atoms with van der Waals surface area (Å²) in [5.74, 6) is 0. The number of hydrogen-bond acceptors (Lipinski definition) is 5. The van der Waals surface area contributed by atoms with Crippen molar-refractivity contribution in [3.63, 3.8) is 0 Å². The fraction of sp³-hybridized carbons (Fsp3) is 1.00. The fourth-order valence-electron chi connectivity index (χ4n) is 0.957. The van der Waals surface area contributed by atoms with Gasteiger partial charge in [0.25, 0.3) is 0 Å². The molecule has 0 saturated heterocycles. The Bertz CT molecular complexity index is 94.7. The molecular weight excluding hydrogens is 160 g/mol. The number of aliphatic hydroxyl groups is 3. The van der Waals surface area contributed by atoms with Crippen molar-refractivity contribution in [1.29, 1.82) is 0 Å². The van der Waals surface area contributed by atoms with Gasteiger partial charge in [0.2, 0.25) is 0 Å². The van der Waals surface area contributed by atoms with Crippen LogP contribution < -0.4 is 5.73 Å². The molecule has 0 aliphatic rings. The maximum atomic E-state index is 8.62. The van der Waals surface area contributed by atoms with Crippen molar-refractivity contribution in [3.8, 4) is 0 Å². The summed E-state index contributed by atoms with van der Waals surface area (Å²) in [6.45, 7) is 2.34. The number of aliphatic hydroxyl groups excluding tert-OH is 2. The van der Waals surface area contributed by atoms with Gasteiger partial charge in [-0.15, -0.1) is 0 Å². The Hall–Kier alpha value is -0.200. The third-order valence-corrected chi connectivity index (χ3v) is 1.57. The molecule has 0 radical (unpaired) electrons. The molecule has 0 amide bonds. The molecule has 74 valence electrons. The lowest BCUT2D eigenvalue weighted by Crippen LogP contribution is -2.34. The van der Waals surface area contributed by atoms with Gasteiger partial charge in [0.1, 0.15) is 0 Å². The van der Waals surface area contributed by atoms with Crippen LogP contribution in [0.1, 0.15) is 6.42 Å². The van der Waals surface area contributed by atoms with Crippen molar-refractivity contribution in [3.05, 3.63) is 0 Å². The van der Waals surface area contributed by atoms with E-state index in [0.717, 1.165) is 0 Å². The molecule has 0 heterocycles. The Kier molecular flexibility index (Phi) is 7.33. The maximum absolute atomic E-state index is 8.62. The standard InChI is InChI=1S/C7H18N2O3/c8-2-4-9(5-6-10)3-1-7(11)12/h7,10-12H,1-6,8H2. The van der Waals surface area contributed by atoms with Crippen LogP contribution in [0.5, 0.6) is 0 Å². The van der Waals surface area contributed by atoms with Crippen LogP contribution in [0.25, 0.3) is 0 Å². The third-order valence-electron chi connectivity index (χ3n) is 1.57. The van der Waals surface area contributed by atoms with E-state index in [1.807, 2.05) is 4.90 Å². The van der Waals surface area contributed by atoms with Crippen molar-refractivity contribution in [2.24, 2.45) is 5.73 Å². The summed E-state index contributed by atoms with van der Waals surface area (Å²) < 4.78 is 0. The van der Waals surface area contributed by atoms with Crippen LogP contribution >= 0.6 is 0 Å². The Morgan fingerprint density at radius 1 is 1.17 bits per heavy atom. The van der Waals surface area contributed by atoms with Crippen LogP contribution in [0.2, 0.25) is 0 Å². The number of nitrogens with two attached hydrogens (primary N) is 1. The first kappa shape index (κ1) is 11.8. The molecule has 0 unspecified atom stereocenters. The highest BCUT2D eigenvalue weighted by Gasteiger charge is 2.04. The molecule has 0 aliphatic heterocycles. The Labute approximate surface area is 72.4 Å². The van der Waals surface area contributed by atoms with Crippen LogP contribution in [0.15, 0.2) is 0 Å². The van der Waals surface area contributed by atoms with Crippen LogP contribution in [0, 0.1) is 0 Å². The zero-order valence-electron chi connectivity index (χ0n) is 7.19. The minimum atomic E-state index is -1.27. The summed E-state index contributed by atoms with van der Waals surface area (Å²) in [6, 6.07) is 0. The summed E-state index contributed by atoms with van der Waals surface area (Å²) in [6.07, 6.45) is -0.982. The van der Waals surface area contributed by atoms with Crippen molar-refractivity contribution in [2.75, 3.05) is 32.8 Å². The van der Waals surface area contributed by atoms with Gasteiger partial charge < -0.3 is 21.1 Å². The van der Waals surface area contributed by atoms with Gasteiger partial charge in [-0.25, -0.2) is 0 Å². The van der Waals surface area contributed by atoms with E-state index in [4.69, 9.17) is 21.1 Å². The van der Waals surface area contributed by atoms with Gasteiger partial charge in [0.05, 0.1) is 6.61 Å². The first-order valence-corrected chi connectivity index (χ1v) is 4.10. The molecule has 0 atom stereocenters. The van der Waals surface area contributed by atoms with E-state index in [-0.39, 0.29) is 6.61 Å². The van der Waals surface area contributed by atoms with E-state index in [1.54, 1.807) is 0 Å². The average molecular weight is 178 g/mol. The lowest BCUT2D eigenvalue weighted by atomic mass is 10.3. The van der Waals surface area contributed by atoms with Crippen LogP contribution in [0.3, 0.4) is 0 Å². The quantitative estimate of drug-likeness (QED) is 0.337. The predicted octanol–water partition coefficient (Wildman–Crippen LogP) is -2.06. The normalized spacial score (nSPS) is 11.5. The minimum absolute atomic E-state index is 0.0710. The van der Waals surface area contributed by atoms with E-state index in [1.165, 1.54) is 0 Å². The number of hydrogen-bond donors (Lipinski definition) is 4. The Balaban J connectivity index is 3.48. The van der Waals surface area contributed by atoms with Gasteiger partial charge in [-0.2, -0.15) is 0 Å². The van der Waals surface area contributed by atoms with Crippen LogP contribution in [-0.2, 0) is 0 Å².